The standard InChI is InChI=1S/C21H18Cl2N2O4/c1-11(21(27)25-20-17(23)8-15(22)9-24-20)29-19(26)7-14-10-28-18-6-13-4-2-3-12(13)5-16(14)18/h5-6,8-11H,2-4,7H2,1H3,(H,24,25,27)/t11-/m1/s1. The Kier molecular flexibility index (Phi) is 5.48. The maximum absolute atomic E-state index is 12.4. The smallest absolute Gasteiger partial charge is 0.311 e. The Morgan fingerprint density at radius 2 is 2.00 bits per heavy atom. The number of benzene rings is 1. The summed E-state index contributed by atoms with van der Waals surface area (Å²) < 4.78 is 10.9. The molecule has 0 aliphatic heterocycles. The predicted molar refractivity (Wildman–Crippen MR) is 110 cm³/mol. The number of fused-ring (bicyclic) bond motifs is 2. The van der Waals surface area contributed by atoms with E-state index < -0.39 is 18.0 Å². The highest BCUT2D eigenvalue weighted by Crippen LogP contribution is 2.30. The van der Waals surface area contributed by atoms with Crippen molar-refractivity contribution in [3.63, 3.8) is 0 Å². The van der Waals surface area contributed by atoms with Crippen LogP contribution >= 0.6 is 23.2 Å². The maximum atomic E-state index is 12.4. The summed E-state index contributed by atoms with van der Waals surface area (Å²) in [5.74, 6) is -0.908. The van der Waals surface area contributed by atoms with E-state index >= 15 is 0 Å². The second kappa shape index (κ2) is 8.05. The Balaban J connectivity index is 1.40. The van der Waals surface area contributed by atoms with Crippen molar-refractivity contribution >= 4 is 51.9 Å². The van der Waals surface area contributed by atoms with E-state index in [-0.39, 0.29) is 17.3 Å². The summed E-state index contributed by atoms with van der Waals surface area (Å²) in [7, 11) is 0. The molecule has 2 aromatic heterocycles. The fourth-order valence-electron chi connectivity index (χ4n) is 3.46. The van der Waals surface area contributed by atoms with Crippen LogP contribution in [0.15, 0.2) is 35.1 Å². The molecule has 1 atom stereocenters. The van der Waals surface area contributed by atoms with Crippen LogP contribution in [0.4, 0.5) is 5.82 Å². The summed E-state index contributed by atoms with van der Waals surface area (Å²) in [6.07, 6.45) is 5.17. The van der Waals surface area contributed by atoms with E-state index in [1.807, 2.05) is 6.07 Å². The van der Waals surface area contributed by atoms with E-state index in [2.05, 4.69) is 16.4 Å². The summed E-state index contributed by atoms with van der Waals surface area (Å²) in [6.45, 7) is 1.48. The van der Waals surface area contributed by atoms with Gasteiger partial charge in [-0.05, 0) is 55.5 Å². The number of nitrogens with zero attached hydrogens (tertiary/aromatic N) is 1. The van der Waals surface area contributed by atoms with Crippen LogP contribution in [0.2, 0.25) is 10.0 Å². The first-order valence-corrected chi connectivity index (χ1v) is 9.99. The first-order chi connectivity index (χ1) is 13.9. The van der Waals surface area contributed by atoms with E-state index in [0.717, 1.165) is 35.8 Å². The van der Waals surface area contributed by atoms with Crippen molar-refractivity contribution in [3.05, 3.63) is 57.4 Å². The van der Waals surface area contributed by atoms with Gasteiger partial charge in [-0.25, -0.2) is 4.98 Å². The number of halogens is 2. The van der Waals surface area contributed by atoms with Crippen LogP contribution in [0.5, 0.6) is 0 Å². The van der Waals surface area contributed by atoms with Crippen LogP contribution in [0.1, 0.15) is 30.0 Å². The average Bonchev–Trinajstić information content (AvgIpc) is 3.28. The molecular formula is C21H18Cl2N2O4. The highest BCUT2D eigenvalue weighted by molar-refractivity contribution is 6.36. The van der Waals surface area contributed by atoms with Crippen molar-refractivity contribution < 1.29 is 18.7 Å². The molecule has 150 valence electrons. The quantitative estimate of drug-likeness (QED) is 0.588. The molecule has 0 fully saturated rings. The van der Waals surface area contributed by atoms with Gasteiger partial charge in [0.25, 0.3) is 5.91 Å². The van der Waals surface area contributed by atoms with Gasteiger partial charge in [-0.2, -0.15) is 0 Å². The summed E-state index contributed by atoms with van der Waals surface area (Å²) in [5, 5.41) is 3.99. The fraction of sp³-hybridized carbons (Fsp3) is 0.286. The minimum Gasteiger partial charge on any atom is -0.464 e. The number of hydrogen-bond acceptors (Lipinski definition) is 5. The molecule has 2 heterocycles. The van der Waals surface area contributed by atoms with Crippen molar-refractivity contribution in [2.24, 2.45) is 0 Å². The number of pyridine rings is 1. The Morgan fingerprint density at radius 1 is 1.24 bits per heavy atom. The van der Waals surface area contributed by atoms with Crippen LogP contribution < -0.4 is 5.32 Å². The van der Waals surface area contributed by atoms with Crippen LogP contribution in [0, 0.1) is 0 Å². The highest BCUT2D eigenvalue weighted by atomic mass is 35.5. The molecule has 6 nitrogen and oxygen atoms in total. The minimum atomic E-state index is -1.02. The molecule has 0 saturated carbocycles. The summed E-state index contributed by atoms with van der Waals surface area (Å²) >= 11 is 11.8. The number of rotatable bonds is 5. The maximum Gasteiger partial charge on any atom is 0.311 e. The van der Waals surface area contributed by atoms with Gasteiger partial charge < -0.3 is 14.5 Å². The van der Waals surface area contributed by atoms with Crippen molar-refractivity contribution in [2.75, 3.05) is 5.32 Å². The number of aromatic nitrogens is 1. The number of carbonyl (C=O) groups is 2. The van der Waals surface area contributed by atoms with Gasteiger partial charge in [-0.15, -0.1) is 0 Å². The number of nitrogens with one attached hydrogen (secondary N) is 1. The first-order valence-electron chi connectivity index (χ1n) is 9.24. The lowest BCUT2D eigenvalue weighted by Gasteiger charge is -2.13. The zero-order valence-electron chi connectivity index (χ0n) is 15.6. The first kappa shape index (κ1) is 19.7. The normalized spacial score (nSPS) is 13.9. The Hall–Kier alpha value is -2.57. The highest BCUT2D eigenvalue weighted by Gasteiger charge is 2.22. The third kappa shape index (κ3) is 4.23. The number of amides is 1. The summed E-state index contributed by atoms with van der Waals surface area (Å²) in [4.78, 5) is 28.6. The number of carbonyl (C=O) groups excluding carboxylic acids is 2. The molecule has 8 heteroatoms. The molecule has 1 aromatic carbocycles. The molecule has 4 rings (SSSR count). The molecule has 0 unspecified atom stereocenters. The summed E-state index contributed by atoms with van der Waals surface area (Å²) in [5.41, 5.74) is 4.12. The minimum absolute atomic E-state index is 0.0172. The second-order valence-electron chi connectivity index (χ2n) is 7.01. The third-order valence-electron chi connectivity index (χ3n) is 4.93. The van der Waals surface area contributed by atoms with Crippen LogP contribution in [0.3, 0.4) is 0 Å². The number of aryl methyl sites for hydroxylation is 2. The monoisotopic (exact) mass is 432 g/mol. The van der Waals surface area contributed by atoms with Crippen molar-refractivity contribution in [1.82, 2.24) is 4.98 Å². The van der Waals surface area contributed by atoms with Crippen molar-refractivity contribution in [1.29, 1.82) is 0 Å². The molecule has 29 heavy (non-hydrogen) atoms. The van der Waals surface area contributed by atoms with E-state index in [0.29, 0.717) is 5.02 Å². The van der Waals surface area contributed by atoms with Crippen molar-refractivity contribution in [2.45, 2.75) is 38.7 Å². The SMILES string of the molecule is C[C@@H](OC(=O)Cc1coc2cc3c(cc12)CCC3)C(=O)Nc1ncc(Cl)cc1Cl. The molecule has 0 spiro atoms. The Morgan fingerprint density at radius 3 is 2.76 bits per heavy atom. The van der Waals surface area contributed by atoms with E-state index in [1.165, 1.54) is 30.3 Å². The fourth-order valence-corrected chi connectivity index (χ4v) is 3.89. The average molecular weight is 433 g/mol. The molecule has 0 saturated heterocycles. The van der Waals surface area contributed by atoms with Gasteiger partial charge in [0.2, 0.25) is 0 Å². The van der Waals surface area contributed by atoms with Crippen LogP contribution in [-0.2, 0) is 33.6 Å². The predicted octanol–water partition coefficient (Wildman–Crippen LogP) is 4.74. The number of hydrogen-bond donors (Lipinski definition) is 1. The molecule has 1 aliphatic carbocycles. The summed E-state index contributed by atoms with van der Waals surface area (Å²) in [6, 6.07) is 5.60. The zero-order chi connectivity index (χ0) is 20.5. The molecule has 3 aromatic rings. The topological polar surface area (TPSA) is 81.4 Å². The molecule has 0 radical (unpaired) electrons. The Bertz CT molecular complexity index is 1110. The lowest BCUT2D eigenvalue weighted by Crippen LogP contribution is -2.30. The van der Waals surface area contributed by atoms with Gasteiger partial charge in [0, 0.05) is 17.1 Å². The van der Waals surface area contributed by atoms with E-state index in [1.54, 1.807) is 6.26 Å². The molecular weight excluding hydrogens is 415 g/mol. The van der Waals surface area contributed by atoms with Crippen LogP contribution in [-0.4, -0.2) is 23.0 Å². The van der Waals surface area contributed by atoms with Gasteiger partial charge in [0.15, 0.2) is 11.9 Å². The van der Waals surface area contributed by atoms with Gasteiger partial charge in [-0.1, -0.05) is 23.2 Å². The second-order valence-corrected chi connectivity index (χ2v) is 7.86. The number of furan rings is 1. The van der Waals surface area contributed by atoms with Crippen LogP contribution in [0.25, 0.3) is 11.0 Å². The lowest BCUT2D eigenvalue weighted by atomic mass is 10.0. The van der Waals surface area contributed by atoms with E-state index in [9.17, 15) is 9.59 Å². The molecule has 1 N–H and O–H groups in total. The van der Waals surface area contributed by atoms with Gasteiger partial charge in [0.1, 0.15) is 5.58 Å². The number of esters is 1. The van der Waals surface area contributed by atoms with Gasteiger partial charge in [-0.3, -0.25) is 9.59 Å². The molecule has 0 bridgehead atoms. The van der Waals surface area contributed by atoms with E-state index in [4.69, 9.17) is 32.4 Å². The Labute approximate surface area is 177 Å². The lowest BCUT2D eigenvalue weighted by molar-refractivity contribution is -0.152. The van der Waals surface area contributed by atoms with Gasteiger partial charge >= 0.3 is 5.97 Å². The van der Waals surface area contributed by atoms with Gasteiger partial charge in [0.05, 0.1) is 22.7 Å². The molecule has 1 aliphatic rings. The van der Waals surface area contributed by atoms with Crippen molar-refractivity contribution in [3.8, 4) is 0 Å². The zero-order valence-corrected chi connectivity index (χ0v) is 17.1. The number of anilines is 1. The number of ether oxygens (including phenoxy) is 1. The molecule has 1 amide bonds. The largest absolute Gasteiger partial charge is 0.464 e. The third-order valence-corrected chi connectivity index (χ3v) is 5.42.